The number of hydrogen-bond donors (Lipinski definition) is 1. The van der Waals surface area contributed by atoms with E-state index in [0.717, 1.165) is 11.1 Å². The van der Waals surface area contributed by atoms with Crippen LogP contribution in [0.4, 0.5) is 10.1 Å². The SMILES string of the molecule is O=C(COc1ccc(Cl)cc1)N[C@@H](Cc1ccccc1)c1nnc(SCc2ccc(F)cc2)n1-c1ccc([N+](=O)[O-])cc1. The van der Waals surface area contributed by atoms with E-state index in [0.29, 0.717) is 39.6 Å². The molecule has 5 aromatic rings. The fourth-order valence-electron chi connectivity index (χ4n) is 4.27. The van der Waals surface area contributed by atoms with Crippen molar-refractivity contribution in [3.8, 4) is 11.4 Å². The second-order valence-corrected chi connectivity index (χ2v) is 10.8. The Balaban J connectivity index is 1.47. The van der Waals surface area contributed by atoms with Gasteiger partial charge in [0.05, 0.1) is 11.0 Å². The highest BCUT2D eigenvalue weighted by molar-refractivity contribution is 7.98. The van der Waals surface area contributed by atoms with Crippen LogP contribution in [0.25, 0.3) is 5.69 Å². The topological polar surface area (TPSA) is 112 Å². The maximum atomic E-state index is 13.4. The molecule has 0 bridgehead atoms. The van der Waals surface area contributed by atoms with Crippen molar-refractivity contribution in [2.75, 3.05) is 6.61 Å². The number of nitro benzene ring substituents is 1. The second-order valence-electron chi connectivity index (χ2n) is 9.42. The third-order valence-corrected chi connectivity index (χ3v) is 7.62. The third-order valence-electron chi connectivity index (χ3n) is 6.37. The first-order chi connectivity index (χ1) is 20.9. The molecule has 218 valence electrons. The quantitative estimate of drug-likeness (QED) is 0.0937. The molecule has 0 fully saturated rings. The lowest BCUT2D eigenvalue weighted by atomic mass is 10.0. The van der Waals surface area contributed by atoms with Crippen molar-refractivity contribution in [3.63, 3.8) is 0 Å². The molecule has 1 atom stereocenters. The molecular formula is C31H25ClFN5O4S. The van der Waals surface area contributed by atoms with E-state index < -0.39 is 11.0 Å². The van der Waals surface area contributed by atoms with Gasteiger partial charge in [-0.05, 0) is 66.1 Å². The van der Waals surface area contributed by atoms with E-state index in [1.807, 2.05) is 30.3 Å². The van der Waals surface area contributed by atoms with Crippen LogP contribution in [-0.2, 0) is 17.0 Å². The van der Waals surface area contributed by atoms with Crippen molar-refractivity contribution in [1.29, 1.82) is 0 Å². The summed E-state index contributed by atoms with van der Waals surface area (Å²) < 4.78 is 20.9. The number of thioether (sulfide) groups is 1. The minimum atomic E-state index is -0.633. The fourth-order valence-corrected chi connectivity index (χ4v) is 5.31. The molecule has 4 aromatic carbocycles. The van der Waals surface area contributed by atoms with Crippen LogP contribution in [0.3, 0.4) is 0 Å². The number of nitro groups is 1. The van der Waals surface area contributed by atoms with Crippen molar-refractivity contribution < 1.29 is 18.8 Å². The average molecular weight is 618 g/mol. The zero-order valence-corrected chi connectivity index (χ0v) is 24.2. The Morgan fingerprint density at radius 3 is 2.33 bits per heavy atom. The summed E-state index contributed by atoms with van der Waals surface area (Å²) in [6, 6.07) is 27.8. The number of aromatic nitrogens is 3. The Bertz CT molecular complexity index is 1680. The molecule has 5 rings (SSSR count). The Morgan fingerprint density at radius 1 is 0.953 bits per heavy atom. The lowest BCUT2D eigenvalue weighted by Crippen LogP contribution is -2.35. The van der Waals surface area contributed by atoms with Gasteiger partial charge >= 0.3 is 0 Å². The van der Waals surface area contributed by atoms with Crippen LogP contribution in [0, 0.1) is 15.9 Å². The monoisotopic (exact) mass is 617 g/mol. The third kappa shape index (κ3) is 7.97. The lowest BCUT2D eigenvalue weighted by molar-refractivity contribution is -0.384. The van der Waals surface area contributed by atoms with Crippen LogP contribution >= 0.6 is 23.4 Å². The summed E-state index contributed by atoms with van der Waals surface area (Å²) in [7, 11) is 0. The van der Waals surface area contributed by atoms with Gasteiger partial charge in [0.2, 0.25) is 0 Å². The Labute approximate surface area is 255 Å². The van der Waals surface area contributed by atoms with Gasteiger partial charge in [0.1, 0.15) is 11.6 Å². The summed E-state index contributed by atoms with van der Waals surface area (Å²) in [4.78, 5) is 24.0. The van der Waals surface area contributed by atoms with Gasteiger partial charge in [0, 0.05) is 28.6 Å². The van der Waals surface area contributed by atoms with Crippen molar-refractivity contribution in [2.24, 2.45) is 0 Å². The first-order valence-corrected chi connectivity index (χ1v) is 14.5. The van der Waals surface area contributed by atoms with Gasteiger partial charge in [-0.3, -0.25) is 19.5 Å². The molecule has 12 heteroatoms. The molecule has 0 radical (unpaired) electrons. The average Bonchev–Trinajstić information content (AvgIpc) is 3.44. The predicted octanol–water partition coefficient (Wildman–Crippen LogP) is 6.74. The molecule has 43 heavy (non-hydrogen) atoms. The summed E-state index contributed by atoms with van der Waals surface area (Å²) in [5.74, 6) is 0.682. The summed E-state index contributed by atoms with van der Waals surface area (Å²) in [5, 5.41) is 24.3. The number of benzene rings is 4. The van der Waals surface area contributed by atoms with Gasteiger partial charge in [-0.15, -0.1) is 10.2 Å². The molecule has 9 nitrogen and oxygen atoms in total. The molecule has 0 aliphatic carbocycles. The van der Waals surface area contributed by atoms with Gasteiger partial charge in [-0.25, -0.2) is 4.39 Å². The van der Waals surface area contributed by atoms with Gasteiger partial charge in [-0.2, -0.15) is 0 Å². The minimum absolute atomic E-state index is 0.0626. The number of carbonyl (C=O) groups excluding carboxylic acids is 1. The van der Waals surface area contributed by atoms with E-state index in [9.17, 15) is 19.3 Å². The molecule has 0 aliphatic rings. The molecule has 0 saturated heterocycles. The van der Waals surface area contributed by atoms with E-state index in [4.69, 9.17) is 16.3 Å². The number of ether oxygens (including phenoxy) is 1. The maximum Gasteiger partial charge on any atom is 0.269 e. The smallest absolute Gasteiger partial charge is 0.269 e. The van der Waals surface area contributed by atoms with E-state index in [1.165, 1.54) is 36.0 Å². The number of rotatable bonds is 12. The lowest BCUT2D eigenvalue weighted by Gasteiger charge is -2.20. The predicted molar refractivity (Wildman–Crippen MR) is 162 cm³/mol. The normalized spacial score (nSPS) is 11.6. The molecule has 0 spiro atoms. The summed E-state index contributed by atoms with van der Waals surface area (Å²) >= 11 is 7.31. The van der Waals surface area contributed by atoms with Gasteiger partial charge in [0.15, 0.2) is 17.6 Å². The molecular weight excluding hydrogens is 593 g/mol. The number of nitrogens with one attached hydrogen (secondary N) is 1. The summed E-state index contributed by atoms with van der Waals surface area (Å²) in [6.07, 6.45) is 0.390. The molecule has 1 amide bonds. The number of hydrogen-bond acceptors (Lipinski definition) is 7. The first kappa shape index (κ1) is 29.7. The van der Waals surface area contributed by atoms with Gasteiger partial charge in [-0.1, -0.05) is 65.8 Å². The highest BCUT2D eigenvalue weighted by Crippen LogP contribution is 2.30. The number of halogens is 2. The molecule has 1 N–H and O–H groups in total. The molecule has 0 aliphatic heterocycles. The Hall–Kier alpha value is -4.74. The largest absolute Gasteiger partial charge is 0.484 e. The number of nitrogens with zero attached hydrogens (tertiary/aromatic N) is 4. The zero-order valence-electron chi connectivity index (χ0n) is 22.6. The fraction of sp³-hybridized carbons (Fsp3) is 0.129. The zero-order chi connectivity index (χ0) is 30.2. The Kier molecular flexibility index (Phi) is 9.65. The van der Waals surface area contributed by atoms with Crippen molar-refractivity contribution in [2.45, 2.75) is 23.4 Å². The molecule has 1 aromatic heterocycles. The van der Waals surface area contributed by atoms with Crippen LogP contribution in [0.15, 0.2) is 108 Å². The van der Waals surface area contributed by atoms with Crippen molar-refractivity contribution in [3.05, 3.63) is 141 Å². The highest BCUT2D eigenvalue weighted by atomic mass is 35.5. The van der Waals surface area contributed by atoms with E-state index in [-0.39, 0.29) is 24.0 Å². The van der Waals surface area contributed by atoms with Gasteiger partial charge in [0.25, 0.3) is 11.6 Å². The standard InChI is InChI=1S/C31H25ClFN5O4S/c32-23-8-16-27(17-9-23)42-19-29(39)34-28(18-21-4-2-1-3-5-21)30-35-36-31(43-20-22-6-10-24(33)11-7-22)37(30)25-12-14-26(15-13-25)38(40)41/h1-17,28H,18-20H2,(H,34,39)/t28-/m0/s1. The van der Waals surface area contributed by atoms with Crippen molar-refractivity contribution in [1.82, 2.24) is 20.1 Å². The Morgan fingerprint density at radius 2 is 1.65 bits per heavy atom. The maximum absolute atomic E-state index is 13.4. The molecule has 0 saturated carbocycles. The van der Waals surface area contributed by atoms with E-state index in [1.54, 1.807) is 53.1 Å². The minimum Gasteiger partial charge on any atom is -0.484 e. The van der Waals surface area contributed by atoms with Crippen molar-refractivity contribution >= 4 is 35.0 Å². The van der Waals surface area contributed by atoms with Crippen LogP contribution < -0.4 is 10.1 Å². The van der Waals surface area contributed by atoms with E-state index in [2.05, 4.69) is 15.5 Å². The van der Waals surface area contributed by atoms with Crippen LogP contribution in [0.2, 0.25) is 5.02 Å². The summed E-state index contributed by atoms with van der Waals surface area (Å²) in [5.41, 5.74) is 2.34. The summed E-state index contributed by atoms with van der Waals surface area (Å²) in [6.45, 7) is -0.245. The van der Waals surface area contributed by atoms with Crippen LogP contribution in [0.5, 0.6) is 5.75 Å². The second kappa shape index (κ2) is 14.0. The van der Waals surface area contributed by atoms with Gasteiger partial charge < -0.3 is 10.1 Å². The van der Waals surface area contributed by atoms with Crippen LogP contribution in [0.1, 0.15) is 23.0 Å². The molecule has 1 heterocycles. The number of carbonyl (C=O) groups is 1. The first-order valence-electron chi connectivity index (χ1n) is 13.1. The highest BCUT2D eigenvalue weighted by Gasteiger charge is 2.25. The number of non-ortho nitro benzene ring substituents is 1. The van der Waals surface area contributed by atoms with E-state index >= 15 is 0 Å². The molecule has 0 unspecified atom stereocenters. The number of amides is 1. The van der Waals surface area contributed by atoms with Crippen LogP contribution in [-0.4, -0.2) is 32.2 Å².